The first-order valence-corrected chi connectivity index (χ1v) is 18.8. The molecule has 0 aliphatic carbocycles. The molecule has 2 aromatic heterocycles. The van der Waals surface area contributed by atoms with E-state index in [-0.39, 0.29) is 0 Å². The van der Waals surface area contributed by atoms with E-state index in [4.69, 9.17) is 4.42 Å². The Morgan fingerprint density at radius 2 is 1.05 bits per heavy atom. The van der Waals surface area contributed by atoms with Crippen LogP contribution in [-0.4, -0.2) is 4.57 Å². The van der Waals surface area contributed by atoms with Crippen molar-refractivity contribution >= 4 is 71.6 Å². The lowest BCUT2D eigenvalue weighted by Crippen LogP contribution is -2.12. The van der Waals surface area contributed by atoms with E-state index >= 15 is 0 Å². The summed E-state index contributed by atoms with van der Waals surface area (Å²) in [6, 6.07) is 73.9. The molecule has 0 amide bonds. The molecule has 11 aromatic rings. The average molecular weight is 703 g/mol. The summed E-state index contributed by atoms with van der Waals surface area (Å²) >= 11 is 0. The highest BCUT2D eigenvalue weighted by atomic mass is 16.3. The number of nitrogens with zero attached hydrogens (tertiary/aromatic N) is 2. The Kier molecular flexibility index (Phi) is 7.17. The fraction of sp³-hybridized carbons (Fsp3) is 0. The van der Waals surface area contributed by atoms with Gasteiger partial charge in [0.25, 0.3) is 0 Å². The standard InChI is InChI=1S/C52H34N2O/c1-4-18-36(19-5-1)41-25-12-14-28-44(41)53(39-23-8-3-9-24-39)45-29-16-27-43-50-46(54(52(43)45)40-32-31-35-17-10-11-22-38(35)33-40)34-48-51(42-26-13-15-30-47(42)55-48)49(50)37-20-6-2-7-21-37/h1-34H. The van der Waals surface area contributed by atoms with Crippen LogP contribution < -0.4 is 4.90 Å². The number of para-hydroxylation sites is 4. The number of aromatic nitrogens is 1. The van der Waals surface area contributed by atoms with Gasteiger partial charge in [0.05, 0.1) is 22.4 Å². The smallest absolute Gasteiger partial charge is 0.138 e. The highest BCUT2D eigenvalue weighted by Gasteiger charge is 2.27. The molecule has 2 heterocycles. The second-order valence-electron chi connectivity index (χ2n) is 14.1. The third-order valence-electron chi connectivity index (χ3n) is 10.9. The first-order valence-electron chi connectivity index (χ1n) is 18.8. The van der Waals surface area contributed by atoms with E-state index in [1.54, 1.807) is 0 Å². The maximum Gasteiger partial charge on any atom is 0.138 e. The largest absolute Gasteiger partial charge is 0.456 e. The lowest BCUT2D eigenvalue weighted by molar-refractivity contribution is 0.669. The summed E-state index contributed by atoms with van der Waals surface area (Å²) in [6.07, 6.45) is 0. The normalized spacial score (nSPS) is 11.6. The minimum Gasteiger partial charge on any atom is -0.456 e. The van der Waals surface area contributed by atoms with E-state index in [9.17, 15) is 0 Å². The predicted octanol–water partition coefficient (Wildman–Crippen LogP) is 14.6. The number of hydrogen-bond acceptors (Lipinski definition) is 2. The average Bonchev–Trinajstić information content (AvgIpc) is 3.80. The quantitative estimate of drug-likeness (QED) is 0.172. The molecule has 0 unspecified atom stereocenters. The van der Waals surface area contributed by atoms with Gasteiger partial charge >= 0.3 is 0 Å². The van der Waals surface area contributed by atoms with Crippen LogP contribution in [0.25, 0.3) is 82.5 Å². The highest BCUT2D eigenvalue weighted by molar-refractivity contribution is 6.28. The Hall–Kier alpha value is -7.36. The summed E-state index contributed by atoms with van der Waals surface area (Å²) in [5, 5.41) is 7.01. The van der Waals surface area contributed by atoms with E-state index in [1.807, 2.05) is 0 Å². The molecule has 0 aliphatic heterocycles. The Morgan fingerprint density at radius 1 is 0.418 bits per heavy atom. The molecule has 0 atom stereocenters. The number of anilines is 3. The molecule has 55 heavy (non-hydrogen) atoms. The van der Waals surface area contributed by atoms with Gasteiger partial charge in [-0.2, -0.15) is 0 Å². The van der Waals surface area contributed by atoms with Crippen molar-refractivity contribution in [1.82, 2.24) is 4.57 Å². The minimum atomic E-state index is 0.869. The van der Waals surface area contributed by atoms with Gasteiger partial charge in [0, 0.05) is 50.1 Å². The van der Waals surface area contributed by atoms with Crippen LogP contribution in [0.5, 0.6) is 0 Å². The molecular formula is C52H34N2O. The molecule has 0 bridgehead atoms. The van der Waals surface area contributed by atoms with Crippen molar-refractivity contribution < 1.29 is 4.42 Å². The van der Waals surface area contributed by atoms with Gasteiger partial charge in [-0.05, 0) is 64.4 Å². The van der Waals surface area contributed by atoms with Gasteiger partial charge in [-0.15, -0.1) is 0 Å². The van der Waals surface area contributed by atoms with Crippen molar-refractivity contribution in [3.05, 3.63) is 206 Å². The molecule has 0 saturated heterocycles. The first-order chi connectivity index (χ1) is 27.3. The van der Waals surface area contributed by atoms with Crippen LogP contribution in [-0.2, 0) is 0 Å². The first kappa shape index (κ1) is 31.2. The van der Waals surface area contributed by atoms with Crippen LogP contribution in [0.4, 0.5) is 17.1 Å². The second-order valence-corrected chi connectivity index (χ2v) is 14.1. The van der Waals surface area contributed by atoms with Crippen LogP contribution >= 0.6 is 0 Å². The fourth-order valence-electron chi connectivity index (χ4n) is 8.58. The Balaban J connectivity index is 1.34. The molecule has 0 aliphatic rings. The van der Waals surface area contributed by atoms with Gasteiger partial charge in [0.15, 0.2) is 0 Å². The third-order valence-corrected chi connectivity index (χ3v) is 10.9. The Bertz CT molecular complexity index is 3200. The molecule has 9 aromatic carbocycles. The topological polar surface area (TPSA) is 21.3 Å². The van der Waals surface area contributed by atoms with Crippen molar-refractivity contribution in [1.29, 1.82) is 0 Å². The molecule has 3 nitrogen and oxygen atoms in total. The van der Waals surface area contributed by atoms with Gasteiger partial charge in [-0.1, -0.05) is 158 Å². The zero-order chi connectivity index (χ0) is 36.3. The summed E-state index contributed by atoms with van der Waals surface area (Å²) in [6.45, 7) is 0. The second kappa shape index (κ2) is 12.6. The number of fused-ring (bicyclic) bond motifs is 7. The van der Waals surface area contributed by atoms with E-state index in [2.05, 4.69) is 216 Å². The Morgan fingerprint density at radius 3 is 1.87 bits per heavy atom. The molecule has 0 N–H and O–H groups in total. The summed E-state index contributed by atoms with van der Waals surface area (Å²) in [5.41, 5.74) is 13.0. The number of hydrogen-bond donors (Lipinski definition) is 0. The lowest BCUT2D eigenvalue weighted by atomic mass is 9.94. The predicted molar refractivity (Wildman–Crippen MR) is 231 cm³/mol. The molecular weight excluding hydrogens is 669 g/mol. The molecule has 0 fully saturated rings. The van der Waals surface area contributed by atoms with E-state index in [1.165, 1.54) is 32.7 Å². The molecule has 0 spiro atoms. The molecule has 0 radical (unpaired) electrons. The zero-order valence-corrected chi connectivity index (χ0v) is 29.9. The maximum absolute atomic E-state index is 6.74. The molecule has 11 rings (SSSR count). The van der Waals surface area contributed by atoms with Crippen molar-refractivity contribution in [2.75, 3.05) is 4.90 Å². The molecule has 0 saturated carbocycles. The summed E-state index contributed by atoms with van der Waals surface area (Å²) < 4.78 is 9.20. The summed E-state index contributed by atoms with van der Waals surface area (Å²) in [7, 11) is 0. The van der Waals surface area contributed by atoms with Crippen molar-refractivity contribution in [3.8, 4) is 27.9 Å². The SMILES string of the molecule is c1ccc(-c2ccccc2N(c2ccccc2)c2cccc3c4c(-c5ccccc5)c5c(cc4n(-c4ccc6ccccc6c4)c23)oc2ccccc25)cc1. The van der Waals surface area contributed by atoms with E-state index < -0.39 is 0 Å². The van der Waals surface area contributed by atoms with Gasteiger partial charge in [0.1, 0.15) is 11.2 Å². The third kappa shape index (κ3) is 4.98. The summed E-state index contributed by atoms with van der Waals surface area (Å²) in [5.74, 6) is 0. The van der Waals surface area contributed by atoms with Crippen molar-refractivity contribution in [3.63, 3.8) is 0 Å². The van der Waals surface area contributed by atoms with E-state index in [0.717, 1.165) is 66.8 Å². The van der Waals surface area contributed by atoms with Crippen molar-refractivity contribution in [2.24, 2.45) is 0 Å². The van der Waals surface area contributed by atoms with Crippen LogP contribution in [0.15, 0.2) is 211 Å². The van der Waals surface area contributed by atoms with Crippen LogP contribution in [0, 0.1) is 0 Å². The minimum absolute atomic E-state index is 0.869. The number of furan rings is 1. The number of rotatable bonds is 6. The highest BCUT2D eigenvalue weighted by Crippen LogP contribution is 2.50. The molecule has 258 valence electrons. The number of benzene rings is 9. The van der Waals surface area contributed by atoms with Crippen molar-refractivity contribution in [2.45, 2.75) is 0 Å². The molecule has 3 heteroatoms. The summed E-state index contributed by atoms with van der Waals surface area (Å²) in [4.78, 5) is 2.43. The van der Waals surface area contributed by atoms with Gasteiger partial charge < -0.3 is 13.9 Å². The van der Waals surface area contributed by atoms with Crippen LogP contribution in [0.2, 0.25) is 0 Å². The zero-order valence-electron chi connectivity index (χ0n) is 29.9. The maximum atomic E-state index is 6.74. The van der Waals surface area contributed by atoms with Gasteiger partial charge in [-0.25, -0.2) is 0 Å². The Labute approximate surface area is 318 Å². The lowest BCUT2D eigenvalue weighted by Gasteiger charge is -2.29. The monoisotopic (exact) mass is 702 g/mol. The van der Waals surface area contributed by atoms with E-state index in [0.29, 0.717) is 0 Å². The van der Waals surface area contributed by atoms with Gasteiger partial charge in [0.2, 0.25) is 0 Å². The van der Waals surface area contributed by atoms with Gasteiger partial charge in [-0.3, -0.25) is 0 Å². The van der Waals surface area contributed by atoms with Crippen LogP contribution in [0.3, 0.4) is 0 Å². The fourth-order valence-corrected chi connectivity index (χ4v) is 8.58. The van der Waals surface area contributed by atoms with Crippen LogP contribution in [0.1, 0.15) is 0 Å².